The number of carbonyl (C=O) groups excluding carboxylic acids is 1. The average Bonchev–Trinajstić information content (AvgIpc) is 2.82. The van der Waals surface area contributed by atoms with Gasteiger partial charge in [0.15, 0.2) is 0 Å². The van der Waals surface area contributed by atoms with Crippen LogP contribution in [0.1, 0.15) is 12.0 Å². The maximum atomic E-state index is 12.1. The number of aliphatic hydroxyl groups is 1. The van der Waals surface area contributed by atoms with Gasteiger partial charge in [0.05, 0.1) is 19.6 Å². The first-order valence-electron chi connectivity index (χ1n) is 6.34. The fourth-order valence-corrected chi connectivity index (χ4v) is 2.34. The number of amides is 1. The number of carboxylic acids is 1. The lowest BCUT2D eigenvalue weighted by atomic mass is 10.1. The van der Waals surface area contributed by atoms with Gasteiger partial charge in [0, 0.05) is 13.0 Å². The van der Waals surface area contributed by atoms with Crippen LogP contribution < -0.4 is 4.74 Å². The molecule has 1 aliphatic rings. The Morgan fingerprint density at radius 3 is 2.55 bits per heavy atom. The van der Waals surface area contributed by atoms with E-state index in [1.807, 2.05) is 0 Å². The fraction of sp³-hybridized carbons (Fsp3) is 0.429. The van der Waals surface area contributed by atoms with Crippen LogP contribution in [0, 0.1) is 0 Å². The minimum absolute atomic E-state index is 0.0754. The predicted octanol–water partition coefficient (Wildman–Crippen LogP) is 0.284. The van der Waals surface area contributed by atoms with Crippen molar-refractivity contribution >= 4 is 11.9 Å². The molecular weight excluding hydrogens is 262 g/mol. The first-order valence-corrected chi connectivity index (χ1v) is 6.34. The number of nitrogens with zero attached hydrogens (tertiary/aromatic N) is 1. The third-order valence-corrected chi connectivity index (χ3v) is 3.40. The highest BCUT2D eigenvalue weighted by molar-refractivity contribution is 5.85. The summed E-state index contributed by atoms with van der Waals surface area (Å²) in [5.74, 6) is -0.676. The molecule has 0 unspecified atom stereocenters. The van der Waals surface area contributed by atoms with Crippen molar-refractivity contribution < 1.29 is 24.5 Å². The van der Waals surface area contributed by atoms with E-state index in [0.717, 1.165) is 5.56 Å². The number of carboxylic acid groups (broad SMARTS) is 1. The second-order valence-electron chi connectivity index (χ2n) is 4.81. The molecule has 0 radical (unpaired) electrons. The fourth-order valence-electron chi connectivity index (χ4n) is 2.34. The Morgan fingerprint density at radius 1 is 1.35 bits per heavy atom. The molecule has 2 atom stereocenters. The molecule has 1 aliphatic heterocycles. The summed E-state index contributed by atoms with van der Waals surface area (Å²) in [4.78, 5) is 24.5. The van der Waals surface area contributed by atoms with E-state index < -0.39 is 18.1 Å². The first kappa shape index (κ1) is 14.3. The van der Waals surface area contributed by atoms with Crippen molar-refractivity contribution in [2.75, 3.05) is 13.7 Å². The van der Waals surface area contributed by atoms with Crippen molar-refractivity contribution in [3.8, 4) is 5.75 Å². The van der Waals surface area contributed by atoms with Crippen molar-refractivity contribution in [1.82, 2.24) is 4.90 Å². The highest BCUT2D eigenvalue weighted by atomic mass is 16.5. The van der Waals surface area contributed by atoms with E-state index in [0.29, 0.717) is 5.75 Å². The molecule has 1 heterocycles. The molecule has 1 fully saturated rings. The largest absolute Gasteiger partial charge is 0.497 e. The van der Waals surface area contributed by atoms with Crippen LogP contribution in [0.3, 0.4) is 0 Å². The second kappa shape index (κ2) is 5.92. The lowest BCUT2D eigenvalue weighted by molar-refractivity contribution is -0.148. The normalized spacial score (nSPS) is 21.8. The van der Waals surface area contributed by atoms with Gasteiger partial charge in [0.2, 0.25) is 5.91 Å². The molecule has 6 nitrogen and oxygen atoms in total. The Morgan fingerprint density at radius 2 is 2.00 bits per heavy atom. The molecule has 2 rings (SSSR count). The Hall–Kier alpha value is -2.08. The summed E-state index contributed by atoms with van der Waals surface area (Å²) in [6.45, 7) is 0.0754. The highest BCUT2D eigenvalue weighted by Gasteiger charge is 2.38. The summed E-state index contributed by atoms with van der Waals surface area (Å²) < 4.78 is 5.03. The Bertz CT molecular complexity index is 499. The molecule has 0 saturated carbocycles. The van der Waals surface area contributed by atoms with E-state index in [2.05, 4.69) is 0 Å². The number of carbonyl (C=O) groups is 2. The standard InChI is InChI=1S/C14H17NO5/c1-20-11-4-2-9(3-5-11)6-13(17)15-8-10(16)7-12(15)14(18)19/h2-5,10,12,16H,6-8H2,1H3,(H,18,19)/t10-,12-/m1/s1. The van der Waals surface area contributed by atoms with Crippen LogP contribution in [0.4, 0.5) is 0 Å². The Kier molecular flexibility index (Phi) is 4.24. The monoisotopic (exact) mass is 279 g/mol. The Labute approximate surface area is 116 Å². The molecule has 1 saturated heterocycles. The Balaban J connectivity index is 2.04. The molecule has 2 N–H and O–H groups in total. The zero-order valence-electron chi connectivity index (χ0n) is 11.2. The summed E-state index contributed by atoms with van der Waals surface area (Å²) in [6.07, 6.45) is -0.569. The third kappa shape index (κ3) is 3.08. The summed E-state index contributed by atoms with van der Waals surface area (Å²) in [5, 5.41) is 18.6. The quantitative estimate of drug-likeness (QED) is 0.827. The second-order valence-corrected chi connectivity index (χ2v) is 4.81. The average molecular weight is 279 g/mol. The van der Waals surface area contributed by atoms with Crippen molar-refractivity contribution in [3.63, 3.8) is 0 Å². The van der Waals surface area contributed by atoms with Crippen LogP contribution in [-0.2, 0) is 16.0 Å². The molecular formula is C14H17NO5. The van der Waals surface area contributed by atoms with Gasteiger partial charge in [-0.15, -0.1) is 0 Å². The lowest BCUT2D eigenvalue weighted by Gasteiger charge is -2.21. The molecule has 0 spiro atoms. The smallest absolute Gasteiger partial charge is 0.326 e. The maximum absolute atomic E-state index is 12.1. The number of aliphatic hydroxyl groups excluding tert-OH is 1. The zero-order chi connectivity index (χ0) is 14.7. The van der Waals surface area contributed by atoms with E-state index in [-0.39, 0.29) is 25.3 Å². The summed E-state index contributed by atoms with van der Waals surface area (Å²) in [5.41, 5.74) is 0.779. The topological polar surface area (TPSA) is 87.1 Å². The number of aliphatic carboxylic acids is 1. The van der Waals surface area contributed by atoms with E-state index in [4.69, 9.17) is 9.84 Å². The number of ether oxygens (including phenoxy) is 1. The van der Waals surface area contributed by atoms with Crippen molar-refractivity contribution in [3.05, 3.63) is 29.8 Å². The molecule has 20 heavy (non-hydrogen) atoms. The van der Waals surface area contributed by atoms with Gasteiger partial charge in [-0.2, -0.15) is 0 Å². The van der Waals surface area contributed by atoms with Crippen LogP contribution in [0.2, 0.25) is 0 Å². The number of hydrogen-bond acceptors (Lipinski definition) is 4. The zero-order valence-corrected chi connectivity index (χ0v) is 11.2. The van der Waals surface area contributed by atoms with Gasteiger partial charge in [-0.1, -0.05) is 12.1 Å². The first-order chi connectivity index (χ1) is 9.51. The number of benzene rings is 1. The maximum Gasteiger partial charge on any atom is 0.326 e. The van der Waals surface area contributed by atoms with Crippen molar-refractivity contribution in [2.24, 2.45) is 0 Å². The van der Waals surface area contributed by atoms with Crippen LogP contribution in [-0.4, -0.2) is 52.8 Å². The lowest BCUT2D eigenvalue weighted by Crippen LogP contribution is -2.41. The number of likely N-dealkylation sites (tertiary alicyclic amines) is 1. The SMILES string of the molecule is COc1ccc(CC(=O)N2C[C@H](O)C[C@@H]2C(=O)O)cc1. The molecule has 0 aliphatic carbocycles. The van der Waals surface area contributed by atoms with E-state index >= 15 is 0 Å². The van der Waals surface area contributed by atoms with Crippen LogP contribution in [0.15, 0.2) is 24.3 Å². The third-order valence-electron chi connectivity index (χ3n) is 3.40. The van der Waals surface area contributed by atoms with E-state index in [9.17, 15) is 14.7 Å². The van der Waals surface area contributed by atoms with E-state index in [1.165, 1.54) is 4.90 Å². The molecule has 6 heteroatoms. The van der Waals surface area contributed by atoms with Gasteiger partial charge >= 0.3 is 5.97 Å². The summed E-state index contributed by atoms with van der Waals surface area (Å²) >= 11 is 0. The summed E-state index contributed by atoms with van der Waals surface area (Å²) in [6, 6.07) is 6.08. The van der Waals surface area contributed by atoms with Gasteiger partial charge in [-0.05, 0) is 17.7 Å². The highest BCUT2D eigenvalue weighted by Crippen LogP contribution is 2.20. The number of rotatable bonds is 4. The molecule has 0 aromatic heterocycles. The minimum atomic E-state index is -1.08. The molecule has 108 valence electrons. The number of β-amino-alcohol motifs (C(OH)–C–C–N with tert-alkyl or cyclic N) is 1. The number of hydrogen-bond donors (Lipinski definition) is 2. The summed E-state index contributed by atoms with van der Waals surface area (Å²) in [7, 11) is 1.56. The van der Waals surface area contributed by atoms with Gasteiger partial charge in [0.1, 0.15) is 11.8 Å². The predicted molar refractivity (Wildman–Crippen MR) is 70.5 cm³/mol. The van der Waals surface area contributed by atoms with Gasteiger partial charge in [-0.25, -0.2) is 4.79 Å². The van der Waals surface area contributed by atoms with Gasteiger partial charge in [0.25, 0.3) is 0 Å². The molecule has 1 aromatic carbocycles. The van der Waals surface area contributed by atoms with Crippen molar-refractivity contribution in [1.29, 1.82) is 0 Å². The molecule has 1 aromatic rings. The van der Waals surface area contributed by atoms with Crippen LogP contribution in [0.5, 0.6) is 5.75 Å². The minimum Gasteiger partial charge on any atom is -0.497 e. The van der Waals surface area contributed by atoms with E-state index in [1.54, 1.807) is 31.4 Å². The number of methoxy groups -OCH3 is 1. The van der Waals surface area contributed by atoms with Crippen LogP contribution >= 0.6 is 0 Å². The van der Waals surface area contributed by atoms with Crippen LogP contribution in [0.25, 0.3) is 0 Å². The molecule has 1 amide bonds. The van der Waals surface area contributed by atoms with Gasteiger partial charge in [-0.3, -0.25) is 4.79 Å². The van der Waals surface area contributed by atoms with Crippen molar-refractivity contribution in [2.45, 2.75) is 25.0 Å². The molecule has 0 bridgehead atoms. The van der Waals surface area contributed by atoms with Gasteiger partial charge < -0.3 is 19.8 Å².